The van der Waals surface area contributed by atoms with Crippen molar-refractivity contribution in [3.05, 3.63) is 29.8 Å². The Morgan fingerprint density at radius 2 is 2.41 bits per heavy atom. The fourth-order valence-corrected chi connectivity index (χ4v) is 1.95. The summed E-state index contributed by atoms with van der Waals surface area (Å²) >= 11 is 1.50. The first-order valence-electron chi connectivity index (χ1n) is 5.25. The molecule has 0 aliphatic heterocycles. The summed E-state index contributed by atoms with van der Waals surface area (Å²) in [7, 11) is 0. The van der Waals surface area contributed by atoms with Gasteiger partial charge in [0.05, 0.1) is 17.4 Å². The van der Waals surface area contributed by atoms with Crippen LogP contribution >= 0.6 is 11.8 Å². The zero-order valence-electron chi connectivity index (χ0n) is 9.64. The smallest absolute Gasteiger partial charge is 0.234 e. The highest BCUT2D eigenvalue weighted by Gasteiger charge is 2.04. The largest absolute Gasteiger partial charge is 0.327 e. The monoisotopic (exact) mass is 249 g/mol. The lowest BCUT2D eigenvalue weighted by atomic mass is 10.2. The highest BCUT2D eigenvalue weighted by molar-refractivity contribution is 8.00. The fraction of sp³-hybridized carbons (Fsp3) is 0.333. The molecule has 0 saturated carbocycles. The van der Waals surface area contributed by atoms with Gasteiger partial charge in [0.1, 0.15) is 0 Å². The van der Waals surface area contributed by atoms with E-state index in [9.17, 15) is 4.79 Å². The third kappa shape index (κ3) is 5.38. The summed E-state index contributed by atoms with van der Waals surface area (Å²) in [6.45, 7) is 1.90. The van der Waals surface area contributed by atoms with Crippen LogP contribution in [0.3, 0.4) is 0 Å². The number of benzene rings is 1. The molecule has 17 heavy (non-hydrogen) atoms. The Morgan fingerprint density at radius 3 is 3.06 bits per heavy atom. The van der Waals surface area contributed by atoms with E-state index < -0.39 is 0 Å². The van der Waals surface area contributed by atoms with Crippen LogP contribution in [0.15, 0.2) is 24.3 Å². The van der Waals surface area contributed by atoms with Crippen LogP contribution in [0, 0.1) is 11.3 Å². The molecular formula is C12H15N3OS. The van der Waals surface area contributed by atoms with E-state index in [0.717, 1.165) is 5.75 Å². The molecule has 4 nitrogen and oxygen atoms in total. The number of nitrogens with one attached hydrogen (secondary N) is 1. The fourth-order valence-electron chi connectivity index (χ4n) is 1.20. The van der Waals surface area contributed by atoms with Gasteiger partial charge in [-0.3, -0.25) is 4.79 Å². The third-order valence-corrected chi connectivity index (χ3v) is 3.12. The standard InChI is InChI=1S/C12H15N3OS/c1-9(14)7-17-8-12(16)15-11-4-2-3-10(5-11)6-13/h2-5,9H,7-8,14H2,1H3,(H,15,16). The van der Waals surface area contributed by atoms with Crippen LogP contribution in [-0.2, 0) is 4.79 Å². The van der Waals surface area contributed by atoms with Crippen molar-refractivity contribution in [2.75, 3.05) is 16.8 Å². The van der Waals surface area contributed by atoms with E-state index in [4.69, 9.17) is 11.0 Å². The molecule has 0 fully saturated rings. The Morgan fingerprint density at radius 1 is 1.65 bits per heavy atom. The lowest BCUT2D eigenvalue weighted by Gasteiger charge is -2.06. The summed E-state index contributed by atoms with van der Waals surface area (Å²) in [5.41, 5.74) is 6.76. The molecule has 3 N–H and O–H groups in total. The molecule has 0 heterocycles. The number of hydrogen-bond donors (Lipinski definition) is 2. The summed E-state index contributed by atoms with van der Waals surface area (Å²) in [5.74, 6) is 1.05. The number of nitrogens with zero attached hydrogens (tertiary/aromatic N) is 1. The van der Waals surface area contributed by atoms with Gasteiger partial charge in [-0.2, -0.15) is 17.0 Å². The van der Waals surface area contributed by atoms with Crippen LogP contribution in [0.4, 0.5) is 5.69 Å². The van der Waals surface area contributed by atoms with Crippen molar-refractivity contribution in [2.45, 2.75) is 13.0 Å². The Kier molecular flexibility index (Phi) is 5.53. The first kappa shape index (κ1) is 13.6. The molecule has 1 aromatic rings. The lowest BCUT2D eigenvalue weighted by molar-refractivity contribution is -0.113. The van der Waals surface area contributed by atoms with Gasteiger partial charge in [0.15, 0.2) is 0 Å². The summed E-state index contributed by atoms with van der Waals surface area (Å²) in [5, 5.41) is 11.5. The molecule has 0 radical (unpaired) electrons. The van der Waals surface area contributed by atoms with E-state index in [-0.39, 0.29) is 11.9 Å². The number of rotatable bonds is 5. The number of anilines is 1. The van der Waals surface area contributed by atoms with E-state index in [1.54, 1.807) is 24.3 Å². The maximum atomic E-state index is 11.5. The number of nitrogens with two attached hydrogens (primary N) is 1. The Balaban J connectivity index is 2.43. The van der Waals surface area contributed by atoms with Gasteiger partial charge in [0.25, 0.3) is 0 Å². The minimum atomic E-state index is -0.0780. The second-order valence-electron chi connectivity index (χ2n) is 3.73. The Hall–Kier alpha value is -1.51. The summed E-state index contributed by atoms with van der Waals surface area (Å²) in [6.07, 6.45) is 0. The van der Waals surface area contributed by atoms with Gasteiger partial charge in [-0.05, 0) is 25.1 Å². The van der Waals surface area contributed by atoms with Gasteiger partial charge in [-0.25, -0.2) is 0 Å². The first-order valence-corrected chi connectivity index (χ1v) is 6.40. The van der Waals surface area contributed by atoms with Crippen molar-refractivity contribution >= 4 is 23.4 Å². The van der Waals surface area contributed by atoms with Crippen molar-refractivity contribution in [2.24, 2.45) is 5.73 Å². The molecule has 90 valence electrons. The maximum Gasteiger partial charge on any atom is 0.234 e. The van der Waals surface area contributed by atoms with E-state index in [0.29, 0.717) is 17.0 Å². The molecule has 0 aromatic heterocycles. The van der Waals surface area contributed by atoms with E-state index in [2.05, 4.69) is 5.32 Å². The van der Waals surface area contributed by atoms with Crippen molar-refractivity contribution in [3.8, 4) is 6.07 Å². The highest BCUT2D eigenvalue weighted by Crippen LogP contribution is 2.10. The van der Waals surface area contributed by atoms with Crippen LogP contribution in [0.25, 0.3) is 0 Å². The number of carbonyl (C=O) groups is 1. The first-order chi connectivity index (χ1) is 8.11. The molecule has 0 bridgehead atoms. The maximum absolute atomic E-state index is 11.5. The molecule has 1 rings (SSSR count). The predicted molar refractivity (Wildman–Crippen MR) is 70.8 cm³/mol. The second-order valence-corrected chi connectivity index (χ2v) is 4.76. The summed E-state index contributed by atoms with van der Waals surface area (Å²) < 4.78 is 0. The number of hydrogen-bond acceptors (Lipinski definition) is 4. The van der Waals surface area contributed by atoms with Crippen LogP contribution in [0.2, 0.25) is 0 Å². The van der Waals surface area contributed by atoms with Crippen LogP contribution in [0.1, 0.15) is 12.5 Å². The second kappa shape index (κ2) is 6.94. The quantitative estimate of drug-likeness (QED) is 0.830. The molecule has 0 saturated heterocycles. The minimum Gasteiger partial charge on any atom is -0.327 e. The summed E-state index contributed by atoms with van der Waals surface area (Å²) in [6, 6.07) is 8.96. The normalized spacial score (nSPS) is 11.6. The zero-order chi connectivity index (χ0) is 12.7. The van der Waals surface area contributed by atoms with E-state index in [1.807, 2.05) is 13.0 Å². The molecule has 0 aliphatic carbocycles. The molecule has 0 aliphatic rings. The van der Waals surface area contributed by atoms with Crippen molar-refractivity contribution in [1.29, 1.82) is 5.26 Å². The molecule has 5 heteroatoms. The van der Waals surface area contributed by atoms with E-state index >= 15 is 0 Å². The molecular weight excluding hydrogens is 234 g/mol. The number of nitriles is 1. The average Bonchev–Trinajstić information content (AvgIpc) is 2.28. The number of amides is 1. The average molecular weight is 249 g/mol. The molecule has 0 spiro atoms. The topological polar surface area (TPSA) is 78.9 Å². The predicted octanol–water partition coefficient (Wildman–Crippen LogP) is 1.58. The van der Waals surface area contributed by atoms with Gasteiger partial charge in [0, 0.05) is 17.5 Å². The third-order valence-electron chi connectivity index (χ3n) is 1.89. The lowest BCUT2D eigenvalue weighted by Crippen LogP contribution is -2.20. The number of thioether (sulfide) groups is 1. The van der Waals surface area contributed by atoms with Crippen LogP contribution in [0.5, 0.6) is 0 Å². The van der Waals surface area contributed by atoms with Gasteiger partial charge < -0.3 is 11.1 Å². The van der Waals surface area contributed by atoms with Gasteiger partial charge in [-0.15, -0.1) is 0 Å². The molecule has 1 atom stereocenters. The molecule has 1 amide bonds. The number of carbonyl (C=O) groups excluding carboxylic acids is 1. The van der Waals surface area contributed by atoms with Gasteiger partial charge in [-0.1, -0.05) is 6.07 Å². The van der Waals surface area contributed by atoms with Crippen molar-refractivity contribution < 1.29 is 4.79 Å². The van der Waals surface area contributed by atoms with Crippen LogP contribution < -0.4 is 11.1 Å². The van der Waals surface area contributed by atoms with Gasteiger partial charge >= 0.3 is 0 Å². The van der Waals surface area contributed by atoms with E-state index in [1.165, 1.54) is 11.8 Å². The highest BCUT2D eigenvalue weighted by atomic mass is 32.2. The Labute approximate surface area is 105 Å². The SMILES string of the molecule is CC(N)CSCC(=O)Nc1cccc(C#N)c1. The van der Waals surface area contributed by atoms with Crippen molar-refractivity contribution in [3.63, 3.8) is 0 Å². The van der Waals surface area contributed by atoms with Crippen LogP contribution in [-0.4, -0.2) is 23.5 Å². The zero-order valence-corrected chi connectivity index (χ0v) is 10.5. The summed E-state index contributed by atoms with van der Waals surface area (Å²) in [4.78, 5) is 11.5. The van der Waals surface area contributed by atoms with Crippen molar-refractivity contribution in [1.82, 2.24) is 0 Å². The van der Waals surface area contributed by atoms with Gasteiger partial charge in [0.2, 0.25) is 5.91 Å². The molecule has 1 unspecified atom stereocenters. The molecule has 1 aromatic carbocycles. The Bertz CT molecular complexity index is 426. The minimum absolute atomic E-state index is 0.0780.